The topological polar surface area (TPSA) is 101 Å². The monoisotopic (exact) mass is 465 g/mol. The Labute approximate surface area is 197 Å². The summed E-state index contributed by atoms with van der Waals surface area (Å²) in [5.41, 5.74) is 2.30. The molecule has 0 saturated carbocycles. The number of hydrogen-bond acceptors (Lipinski definition) is 5. The molecule has 178 valence electrons. The van der Waals surface area contributed by atoms with Gasteiger partial charge in [0, 0.05) is 36.1 Å². The van der Waals surface area contributed by atoms with Gasteiger partial charge >= 0.3 is 0 Å². The highest BCUT2D eigenvalue weighted by Crippen LogP contribution is 2.24. The first-order valence-corrected chi connectivity index (χ1v) is 11.1. The van der Waals surface area contributed by atoms with Gasteiger partial charge in [0.1, 0.15) is 17.3 Å². The minimum Gasteiger partial charge on any atom is -0.441 e. The molecule has 1 heterocycles. The van der Waals surface area contributed by atoms with Crippen molar-refractivity contribution >= 4 is 23.3 Å². The van der Waals surface area contributed by atoms with Crippen LogP contribution in [-0.4, -0.2) is 22.6 Å². The molecular weight excluding hydrogens is 437 g/mol. The van der Waals surface area contributed by atoms with Gasteiger partial charge in [0.2, 0.25) is 17.7 Å². The van der Waals surface area contributed by atoms with E-state index in [0.717, 1.165) is 0 Å². The Morgan fingerprint density at radius 1 is 1.03 bits per heavy atom. The second-order valence-corrected chi connectivity index (χ2v) is 8.46. The second-order valence-electron chi connectivity index (χ2n) is 8.46. The number of nitrogens with zero attached hydrogens (tertiary/aromatic N) is 1. The SMILES string of the molecule is Cc1oc(-c2cccc(NC(=O)CC(C)C)c2)nc1CNC(=O)CCC(=O)c1ccc(F)cc1. The fraction of sp³-hybridized carbons (Fsp3) is 0.308. The fourth-order valence-corrected chi connectivity index (χ4v) is 3.31. The van der Waals surface area contributed by atoms with Gasteiger partial charge in [-0.1, -0.05) is 19.9 Å². The first-order chi connectivity index (χ1) is 16.2. The molecule has 0 fully saturated rings. The number of ketones is 1. The Morgan fingerprint density at radius 2 is 1.76 bits per heavy atom. The molecule has 0 atom stereocenters. The predicted molar refractivity (Wildman–Crippen MR) is 127 cm³/mol. The molecule has 34 heavy (non-hydrogen) atoms. The van der Waals surface area contributed by atoms with Crippen molar-refractivity contribution in [2.45, 2.75) is 46.6 Å². The van der Waals surface area contributed by atoms with E-state index >= 15 is 0 Å². The molecule has 0 aliphatic rings. The lowest BCUT2D eigenvalue weighted by atomic mass is 10.1. The summed E-state index contributed by atoms with van der Waals surface area (Å²) in [5, 5.41) is 5.62. The summed E-state index contributed by atoms with van der Waals surface area (Å²) < 4.78 is 18.7. The Balaban J connectivity index is 1.55. The van der Waals surface area contributed by atoms with Crippen LogP contribution in [-0.2, 0) is 16.1 Å². The third kappa shape index (κ3) is 7.10. The van der Waals surface area contributed by atoms with Crippen molar-refractivity contribution in [3.8, 4) is 11.5 Å². The highest BCUT2D eigenvalue weighted by atomic mass is 19.1. The highest BCUT2D eigenvalue weighted by molar-refractivity contribution is 5.97. The molecular formula is C26H28FN3O4. The molecule has 3 rings (SSSR count). The summed E-state index contributed by atoms with van der Waals surface area (Å²) in [6, 6.07) is 12.5. The first-order valence-electron chi connectivity index (χ1n) is 11.1. The molecule has 0 radical (unpaired) electrons. The molecule has 0 aliphatic heterocycles. The van der Waals surface area contributed by atoms with E-state index in [1.54, 1.807) is 25.1 Å². The number of nitrogens with one attached hydrogen (secondary N) is 2. The van der Waals surface area contributed by atoms with Crippen LogP contribution in [0.1, 0.15) is 54.9 Å². The third-order valence-corrected chi connectivity index (χ3v) is 5.08. The summed E-state index contributed by atoms with van der Waals surface area (Å²) in [5.74, 6) is 0.206. The Bertz CT molecular complexity index is 1170. The minimum atomic E-state index is -0.417. The van der Waals surface area contributed by atoms with Crippen molar-refractivity contribution in [3.05, 3.63) is 71.4 Å². The number of carbonyl (C=O) groups excluding carboxylic acids is 3. The molecule has 2 N–H and O–H groups in total. The summed E-state index contributed by atoms with van der Waals surface area (Å²) >= 11 is 0. The van der Waals surface area contributed by atoms with Crippen LogP contribution >= 0.6 is 0 Å². The number of aryl methyl sites for hydroxylation is 1. The lowest BCUT2D eigenvalue weighted by molar-refractivity contribution is -0.121. The Morgan fingerprint density at radius 3 is 2.47 bits per heavy atom. The van der Waals surface area contributed by atoms with Crippen molar-refractivity contribution in [2.75, 3.05) is 5.32 Å². The highest BCUT2D eigenvalue weighted by Gasteiger charge is 2.15. The first kappa shape index (κ1) is 24.8. The van der Waals surface area contributed by atoms with Crippen LogP contribution in [0.3, 0.4) is 0 Å². The van der Waals surface area contributed by atoms with E-state index < -0.39 is 5.82 Å². The number of Topliss-reactive ketones (excluding diaryl/α,β-unsaturated/α-hetero) is 1. The molecule has 0 bridgehead atoms. The van der Waals surface area contributed by atoms with Crippen molar-refractivity contribution in [1.29, 1.82) is 0 Å². The molecule has 0 spiro atoms. The number of amides is 2. The van der Waals surface area contributed by atoms with E-state index in [1.165, 1.54) is 24.3 Å². The van der Waals surface area contributed by atoms with Crippen molar-refractivity contribution < 1.29 is 23.2 Å². The van der Waals surface area contributed by atoms with Gasteiger partial charge in [-0.05, 0) is 55.3 Å². The molecule has 0 saturated heterocycles. The van der Waals surface area contributed by atoms with E-state index in [9.17, 15) is 18.8 Å². The van der Waals surface area contributed by atoms with Crippen LogP contribution in [0.5, 0.6) is 0 Å². The number of anilines is 1. The number of aromatic nitrogens is 1. The van der Waals surface area contributed by atoms with Crippen LogP contribution < -0.4 is 10.6 Å². The standard InChI is InChI=1S/C26H28FN3O4/c1-16(2)13-25(33)29-21-6-4-5-19(14-21)26-30-22(17(3)34-26)15-28-24(32)12-11-23(31)18-7-9-20(27)10-8-18/h4-10,14,16H,11-13,15H2,1-3H3,(H,28,32)(H,29,33). The van der Waals surface area contributed by atoms with Crippen LogP contribution in [0.25, 0.3) is 11.5 Å². The molecule has 1 aromatic heterocycles. The zero-order chi connectivity index (χ0) is 24.7. The van der Waals surface area contributed by atoms with Gasteiger partial charge in [-0.2, -0.15) is 0 Å². The van der Waals surface area contributed by atoms with Crippen molar-refractivity contribution in [3.63, 3.8) is 0 Å². The number of hydrogen-bond donors (Lipinski definition) is 2. The van der Waals surface area contributed by atoms with Gasteiger partial charge in [-0.3, -0.25) is 14.4 Å². The zero-order valence-electron chi connectivity index (χ0n) is 19.5. The van der Waals surface area contributed by atoms with Crippen molar-refractivity contribution in [2.24, 2.45) is 5.92 Å². The summed E-state index contributed by atoms with van der Waals surface area (Å²) in [7, 11) is 0. The molecule has 2 amide bonds. The van der Waals surface area contributed by atoms with Gasteiger partial charge in [0.15, 0.2) is 5.78 Å². The normalized spacial score (nSPS) is 10.9. The number of oxazole rings is 1. The number of carbonyl (C=O) groups is 3. The molecule has 3 aromatic rings. The summed E-state index contributed by atoms with van der Waals surface area (Å²) in [6.07, 6.45) is 0.468. The fourth-order valence-electron chi connectivity index (χ4n) is 3.31. The van der Waals surface area contributed by atoms with Crippen molar-refractivity contribution in [1.82, 2.24) is 10.3 Å². The van der Waals surface area contributed by atoms with E-state index in [1.807, 2.05) is 19.9 Å². The van der Waals surface area contributed by atoms with Crippen LogP contribution in [0.15, 0.2) is 52.9 Å². The average molecular weight is 466 g/mol. The van der Waals surface area contributed by atoms with E-state index in [0.29, 0.717) is 40.6 Å². The van der Waals surface area contributed by atoms with Gasteiger partial charge in [0.25, 0.3) is 0 Å². The van der Waals surface area contributed by atoms with Gasteiger partial charge in [-0.25, -0.2) is 9.37 Å². The van der Waals surface area contributed by atoms with Crippen LogP contribution in [0.2, 0.25) is 0 Å². The number of halogens is 1. The minimum absolute atomic E-state index is 0.0120. The molecule has 2 aromatic carbocycles. The lowest BCUT2D eigenvalue weighted by Gasteiger charge is -2.07. The zero-order valence-corrected chi connectivity index (χ0v) is 19.5. The average Bonchev–Trinajstić information content (AvgIpc) is 3.16. The van der Waals surface area contributed by atoms with Gasteiger partial charge < -0.3 is 15.1 Å². The second kappa shape index (κ2) is 11.4. The third-order valence-electron chi connectivity index (χ3n) is 5.08. The largest absolute Gasteiger partial charge is 0.441 e. The summed E-state index contributed by atoms with van der Waals surface area (Å²) in [6.45, 7) is 5.87. The molecule has 0 aliphatic carbocycles. The molecule has 7 nitrogen and oxygen atoms in total. The quantitative estimate of drug-likeness (QED) is 0.408. The number of benzene rings is 2. The maximum absolute atomic E-state index is 13.0. The molecule has 8 heteroatoms. The Kier molecular flexibility index (Phi) is 8.29. The lowest BCUT2D eigenvalue weighted by Crippen LogP contribution is -2.23. The van der Waals surface area contributed by atoms with E-state index in [2.05, 4.69) is 15.6 Å². The van der Waals surface area contributed by atoms with Crippen LogP contribution in [0, 0.1) is 18.7 Å². The maximum Gasteiger partial charge on any atom is 0.226 e. The smallest absolute Gasteiger partial charge is 0.226 e. The van der Waals surface area contributed by atoms with Crippen LogP contribution in [0.4, 0.5) is 10.1 Å². The predicted octanol–water partition coefficient (Wildman–Crippen LogP) is 5.05. The molecule has 0 unspecified atom stereocenters. The summed E-state index contributed by atoms with van der Waals surface area (Å²) in [4.78, 5) is 40.9. The van der Waals surface area contributed by atoms with E-state index in [4.69, 9.17) is 4.42 Å². The van der Waals surface area contributed by atoms with Gasteiger partial charge in [-0.15, -0.1) is 0 Å². The Hall–Kier alpha value is -3.81. The van der Waals surface area contributed by atoms with Gasteiger partial charge in [0.05, 0.1) is 6.54 Å². The number of rotatable bonds is 10. The maximum atomic E-state index is 13.0. The van der Waals surface area contributed by atoms with E-state index in [-0.39, 0.29) is 42.9 Å².